The topological polar surface area (TPSA) is 92.2 Å². The Kier molecular flexibility index (Phi) is 6.96. The predicted octanol–water partition coefficient (Wildman–Crippen LogP) is 2.83. The fourth-order valence-corrected chi connectivity index (χ4v) is 2.41. The maximum Gasteiger partial charge on any atom is 0.226 e. The van der Waals surface area contributed by atoms with Gasteiger partial charge in [-0.1, -0.05) is 12.1 Å². The Morgan fingerprint density at radius 1 is 1.36 bits per heavy atom. The first-order chi connectivity index (χ1) is 12.2. The molecule has 25 heavy (non-hydrogen) atoms. The number of carbonyl (C=O) groups excluding carboxylic acids is 1. The monoisotopic (exact) mass is 342 g/mol. The molecule has 0 N–H and O–H groups in total. The molecule has 0 fully saturated rings. The standard InChI is InChI=1S/C18H22N4O3/c1-3-12-22(13-11-19)17(23)6-4-5-16-20-18(21-25-16)14-7-9-15(24-2)10-8-14/h7-10H,3-6,12-13H2,1-2H3. The summed E-state index contributed by atoms with van der Waals surface area (Å²) in [5.74, 6) is 1.76. The average Bonchev–Trinajstić information content (AvgIpc) is 3.10. The van der Waals surface area contributed by atoms with E-state index >= 15 is 0 Å². The van der Waals surface area contributed by atoms with Crippen LogP contribution >= 0.6 is 0 Å². The Morgan fingerprint density at radius 3 is 2.76 bits per heavy atom. The van der Waals surface area contributed by atoms with Crippen LogP contribution in [-0.4, -0.2) is 41.1 Å². The van der Waals surface area contributed by atoms with Crippen molar-refractivity contribution < 1.29 is 14.1 Å². The molecule has 7 nitrogen and oxygen atoms in total. The van der Waals surface area contributed by atoms with Crippen LogP contribution in [0, 0.1) is 11.3 Å². The third kappa shape index (κ3) is 5.31. The second kappa shape index (κ2) is 9.42. The van der Waals surface area contributed by atoms with E-state index in [0.29, 0.717) is 37.5 Å². The molecule has 2 aromatic rings. The van der Waals surface area contributed by atoms with Crippen molar-refractivity contribution in [3.8, 4) is 23.2 Å². The largest absolute Gasteiger partial charge is 0.497 e. The Balaban J connectivity index is 1.86. The Labute approximate surface area is 147 Å². The van der Waals surface area contributed by atoms with Crippen molar-refractivity contribution in [2.24, 2.45) is 0 Å². The number of rotatable bonds is 9. The van der Waals surface area contributed by atoms with Gasteiger partial charge in [-0.15, -0.1) is 0 Å². The number of amides is 1. The summed E-state index contributed by atoms with van der Waals surface area (Å²) in [5, 5.41) is 12.7. The van der Waals surface area contributed by atoms with Gasteiger partial charge in [0.15, 0.2) is 0 Å². The molecule has 0 saturated heterocycles. The minimum Gasteiger partial charge on any atom is -0.497 e. The van der Waals surface area contributed by atoms with Gasteiger partial charge in [0.25, 0.3) is 0 Å². The first kappa shape index (κ1) is 18.5. The average molecular weight is 342 g/mol. The lowest BCUT2D eigenvalue weighted by molar-refractivity contribution is -0.130. The fourth-order valence-electron chi connectivity index (χ4n) is 2.41. The Hall–Kier alpha value is -2.88. The molecule has 0 saturated carbocycles. The van der Waals surface area contributed by atoms with Gasteiger partial charge in [0, 0.05) is 24.9 Å². The van der Waals surface area contributed by atoms with E-state index in [-0.39, 0.29) is 12.5 Å². The van der Waals surface area contributed by atoms with E-state index in [9.17, 15) is 4.79 Å². The van der Waals surface area contributed by atoms with Crippen molar-refractivity contribution in [3.05, 3.63) is 30.2 Å². The zero-order valence-electron chi connectivity index (χ0n) is 14.6. The Bertz CT molecular complexity index is 719. The summed E-state index contributed by atoms with van der Waals surface area (Å²) in [6.07, 6.45) is 2.33. The first-order valence-electron chi connectivity index (χ1n) is 8.29. The van der Waals surface area contributed by atoms with Crippen LogP contribution in [0.15, 0.2) is 28.8 Å². The highest BCUT2D eigenvalue weighted by Crippen LogP contribution is 2.20. The molecule has 1 aromatic carbocycles. The molecule has 0 unspecified atom stereocenters. The molecule has 0 aliphatic carbocycles. The highest BCUT2D eigenvalue weighted by atomic mass is 16.5. The van der Waals surface area contributed by atoms with Gasteiger partial charge in [0.1, 0.15) is 12.3 Å². The smallest absolute Gasteiger partial charge is 0.226 e. The molecular weight excluding hydrogens is 320 g/mol. The fraction of sp³-hybridized carbons (Fsp3) is 0.444. The molecule has 7 heteroatoms. The first-order valence-corrected chi connectivity index (χ1v) is 8.29. The van der Waals surface area contributed by atoms with E-state index in [1.54, 1.807) is 12.0 Å². The van der Waals surface area contributed by atoms with E-state index in [2.05, 4.69) is 10.1 Å². The summed E-state index contributed by atoms with van der Waals surface area (Å²) >= 11 is 0. The highest BCUT2D eigenvalue weighted by molar-refractivity contribution is 5.76. The summed E-state index contributed by atoms with van der Waals surface area (Å²) in [6, 6.07) is 9.42. The molecule has 0 bridgehead atoms. The van der Waals surface area contributed by atoms with Crippen molar-refractivity contribution >= 4 is 5.91 Å². The molecule has 1 amide bonds. The van der Waals surface area contributed by atoms with E-state index in [4.69, 9.17) is 14.5 Å². The zero-order valence-corrected chi connectivity index (χ0v) is 14.6. The maximum atomic E-state index is 12.1. The number of nitriles is 1. The summed E-state index contributed by atoms with van der Waals surface area (Å²) < 4.78 is 10.4. The van der Waals surface area contributed by atoms with E-state index < -0.39 is 0 Å². The minimum atomic E-state index is -0.0155. The lowest BCUT2D eigenvalue weighted by atomic mass is 10.2. The molecule has 0 spiro atoms. The van der Waals surface area contributed by atoms with Crippen LogP contribution in [0.5, 0.6) is 5.75 Å². The maximum absolute atomic E-state index is 12.1. The molecule has 2 rings (SSSR count). The van der Waals surface area contributed by atoms with Crippen LogP contribution in [0.25, 0.3) is 11.4 Å². The van der Waals surface area contributed by atoms with Crippen LogP contribution < -0.4 is 4.74 Å². The number of aryl methyl sites for hydroxylation is 1. The molecule has 1 heterocycles. The number of benzene rings is 1. The SMILES string of the molecule is CCCN(CC#N)C(=O)CCCc1nc(-c2ccc(OC)cc2)no1. The van der Waals surface area contributed by atoms with E-state index in [0.717, 1.165) is 17.7 Å². The number of hydrogen-bond donors (Lipinski definition) is 0. The lowest BCUT2D eigenvalue weighted by Crippen LogP contribution is -2.31. The quantitative estimate of drug-likeness (QED) is 0.651. The van der Waals surface area contributed by atoms with Crippen LogP contribution in [0.4, 0.5) is 0 Å². The number of methoxy groups -OCH3 is 1. The van der Waals surface area contributed by atoms with Gasteiger partial charge >= 0.3 is 0 Å². The Morgan fingerprint density at radius 2 is 2.12 bits per heavy atom. The van der Waals surface area contributed by atoms with Crippen LogP contribution in [0.2, 0.25) is 0 Å². The van der Waals surface area contributed by atoms with Gasteiger partial charge in [0.2, 0.25) is 17.6 Å². The molecule has 1 aromatic heterocycles. The van der Waals surface area contributed by atoms with Crippen molar-refractivity contribution in [1.82, 2.24) is 15.0 Å². The van der Waals surface area contributed by atoms with Gasteiger partial charge in [-0.25, -0.2) is 0 Å². The van der Waals surface area contributed by atoms with E-state index in [1.165, 1.54) is 0 Å². The van der Waals surface area contributed by atoms with Crippen LogP contribution in [0.1, 0.15) is 32.1 Å². The molecule has 0 radical (unpaired) electrons. The molecule has 0 aliphatic rings. The molecule has 132 valence electrons. The highest BCUT2D eigenvalue weighted by Gasteiger charge is 2.13. The summed E-state index contributed by atoms with van der Waals surface area (Å²) in [6.45, 7) is 2.72. The molecule has 0 aliphatic heterocycles. The third-order valence-corrected chi connectivity index (χ3v) is 3.71. The third-order valence-electron chi connectivity index (χ3n) is 3.71. The van der Waals surface area contributed by atoms with Crippen molar-refractivity contribution in [3.63, 3.8) is 0 Å². The number of nitrogens with zero attached hydrogens (tertiary/aromatic N) is 4. The number of aromatic nitrogens is 2. The summed E-state index contributed by atoms with van der Waals surface area (Å²) in [4.78, 5) is 18.0. The predicted molar refractivity (Wildman–Crippen MR) is 91.7 cm³/mol. The van der Waals surface area contributed by atoms with Crippen molar-refractivity contribution in [1.29, 1.82) is 5.26 Å². The number of hydrogen-bond acceptors (Lipinski definition) is 6. The number of carbonyl (C=O) groups is 1. The van der Waals surface area contributed by atoms with Crippen LogP contribution in [-0.2, 0) is 11.2 Å². The van der Waals surface area contributed by atoms with Gasteiger partial charge in [-0.3, -0.25) is 4.79 Å². The normalized spacial score (nSPS) is 10.3. The van der Waals surface area contributed by atoms with Gasteiger partial charge in [-0.05, 0) is 37.1 Å². The van der Waals surface area contributed by atoms with Gasteiger partial charge in [-0.2, -0.15) is 10.2 Å². The second-order valence-electron chi connectivity index (χ2n) is 5.57. The van der Waals surface area contributed by atoms with Crippen molar-refractivity contribution in [2.75, 3.05) is 20.2 Å². The zero-order chi connectivity index (χ0) is 18.1. The summed E-state index contributed by atoms with van der Waals surface area (Å²) in [7, 11) is 1.61. The van der Waals surface area contributed by atoms with Crippen molar-refractivity contribution in [2.45, 2.75) is 32.6 Å². The van der Waals surface area contributed by atoms with E-state index in [1.807, 2.05) is 37.3 Å². The van der Waals surface area contributed by atoms with Gasteiger partial charge < -0.3 is 14.2 Å². The minimum absolute atomic E-state index is 0.0155. The lowest BCUT2D eigenvalue weighted by Gasteiger charge is -2.18. The second-order valence-corrected chi connectivity index (χ2v) is 5.57. The summed E-state index contributed by atoms with van der Waals surface area (Å²) in [5.41, 5.74) is 0.843. The van der Waals surface area contributed by atoms with Crippen LogP contribution in [0.3, 0.4) is 0 Å². The molecule has 0 atom stereocenters. The van der Waals surface area contributed by atoms with Gasteiger partial charge in [0.05, 0.1) is 13.2 Å². The molecular formula is C18H22N4O3. The number of ether oxygens (including phenoxy) is 1.